The predicted molar refractivity (Wildman–Crippen MR) is 58.2 cm³/mol. The highest BCUT2D eigenvalue weighted by Gasteiger charge is 2.09. The second-order valence-electron chi connectivity index (χ2n) is 3.13. The lowest BCUT2D eigenvalue weighted by molar-refractivity contribution is -0.140. The van der Waals surface area contributed by atoms with Gasteiger partial charge < -0.3 is 14.8 Å². The molecule has 0 aliphatic carbocycles. The zero-order chi connectivity index (χ0) is 12.7. The van der Waals surface area contributed by atoms with Crippen LogP contribution in [0.2, 0.25) is 0 Å². The van der Waals surface area contributed by atoms with Crippen LogP contribution in [-0.4, -0.2) is 26.2 Å². The highest BCUT2D eigenvalue weighted by Crippen LogP contribution is 2.25. The molecule has 1 aromatic carbocycles. The van der Waals surface area contributed by atoms with Crippen LogP contribution in [0.25, 0.3) is 0 Å². The number of alkyl halides is 2. The normalized spacial score (nSPS) is 10.1. The van der Waals surface area contributed by atoms with Gasteiger partial charge in [-0.15, -0.1) is 0 Å². The number of carbonyl (C=O) groups excluding carboxylic acids is 1. The molecule has 0 fully saturated rings. The van der Waals surface area contributed by atoms with Crippen LogP contribution in [0.15, 0.2) is 24.3 Å². The number of ether oxygens (including phenoxy) is 2. The average molecular weight is 245 g/mol. The molecule has 0 atom stereocenters. The molecule has 1 N–H and O–H groups in total. The minimum atomic E-state index is -2.88. The number of esters is 1. The predicted octanol–water partition coefficient (Wildman–Crippen LogP) is 2.26. The lowest BCUT2D eigenvalue weighted by Crippen LogP contribution is -2.11. The summed E-state index contributed by atoms with van der Waals surface area (Å²) in [5.74, 6) is -0.322. The molecule has 0 aliphatic heterocycles. The molecule has 0 aliphatic rings. The molecule has 1 rings (SSSR count). The maximum atomic E-state index is 12.1. The van der Waals surface area contributed by atoms with Gasteiger partial charge >= 0.3 is 12.6 Å². The SMILES string of the molecule is COC(=O)CCNc1ccccc1OC(F)F. The molecular formula is C11H13F2NO3. The summed E-state index contributed by atoms with van der Waals surface area (Å²) in [6.07, 6.45) is 0.152. The maximum absolute atomic E-state index is 12.1. The Hall–Kier alpha value is -1.85. The van der Waals surface area contributed by atoms with Crippen molar-refractivity contribution in [3.8, 4) is 5.75 Å². The summed E-state index contributed by atoms with van der Waals surface area (Å²) in [7, 11) is 1.29. The first kappa shape index (κ1) is 13.2. The summed E-state index contributed by atoms with van der Waals surface area (Å²) in [6, 6.07) is 6.28. The van der Waals surface area contributed by atoms with Gasteiger partial charge in [0.2, 0.25) is 0 Å². The Morgan fingerprint density at radius 1 is 1.41 bits per heavy atom. The fourth-order valence-electron chi connectivity index (χ4n) is 1.21. The monoisotopic (exact) mass is 245 g/mol. The zero-order valence-corrected chi connectivity index (χ0v) is 9.28. The zero-order valence-electron chi connectivity index (χ0n) is 9.28. The van der Waals surface area contributed by atoms with Crippen molar-refractivity contribution in [2.45, 2.75) is 13.0 Å². The van der Waals surface area contributed by atoms with Gasteiger partial charge in [-0.25, -0.2) is 0 Å². The van der Waals surface area contributed by atoms with Crippen LogP contribution in [0.4, 0.5) is 14.5 Å². The Labute approximate surface area is 97.5 Å². The number of halogens is 2. The Balaban J connectivity index is 2.54. The van der Waals surface area contributed by atoms with Gasteiger partial charge in [-0.1, -0.05) is 12.1 Å². The molecule has 0 unspecified atom stereocenters. The van der Waals surface area contributed by atoms with Crippen molar-refractivity contribution in [3.63, 3.8) is 0 Å². The summed E-state index contributed by atoms with van der Waals surface area (Å²) in [4.78, 5) is 10.9. The third-order valence-corrected chi connectivity index (χ3v) is 1.98. The van der Waals surface area contributed by atoms with Crippen molar-refractivity contribution in [1.82, 2.24) is 0 Å². The van der Waals surface area contributed by atoms with E-state index in [4.69, 9.17) is 0 Å². The summed E-state index contributed by atoms with van der Waals surface area (Å²) in [6.45, 7) is -2.59. The van der Waals surface area contributed by atoms with Crippen LogP contribution in [0.5, 0.6) is 5.75 Å². The van der Waals surface area contributed by atoms with Crippen LogP contribution < -0.4 is 10.1 Å². The topological polar surface area (TPSA) is 47.6 Å². The number of anilines is 1. The maximum Gasteiger partial charge on any atom is 0.387 e. The fourth-order valence-corrected chi connectivity index (χ4v) is 1.21. The fraction of sp³-hybridized carbons (Fsp3) is 0.364. The van der Waals surface area contributed by atoms with Gasteiger partial charge in [0, 0.05) is 6.54 Å². The van der Waals surface area contributed by atoms with Gasteiger partial charge in [0.05, 0.1) is 19.2 Å². The van der Waals surface area contributed by atoms with E-state index in [1.54, 1.807) is 18.2 Å². The highest BCUT2D eigenvalue weighted by atomic mass is 19.3. The van der Waals surface area contributed by atoms with Gasteiger partial charge in [-0.05, 0) is 12.1 Å². The molecule has 0 bridgehead atoms. The lowest BCUT2D eigenvalue weighted by atomic mass is 10.3. The summed E-state index contributed by atoms with van der Waals surface area (Å²) < 4.78 is 32.9. The van der Waals surface area contributed by atoms with E-state index in [9.17, 15) is 13.6 Å². The first-order valence-corrected chi connectivity index (χ1v) is 4.98. The molecule has 6 heteroatoms. The number of nitrogens with one attached hydrogen (secondary N) is 1. The number of carbonyl (C=O) groups is 1. The van der Waals surface area contributed by atoms with Gasteiger partial charge in [0.15, 0.2) is 0 Å². The van der Waals surface area contributed by atoms with Gasteiger partial charge in [0.1, 0.15) is 5.75 Å². The molecular weight excluding hydrogens is 232 g/mol. The highest BCUT2D eigenvalue weighted by molar-refractivity contribution is 5.70. The average Bonchev–Trinajstić information content (AvgIpc) is 2.30. The molecule has 0 aromatic heterocycles. The van der Waals surface area contributed by atoms with Gasteiger partial charge in [-0.2, -0.15) is 8.78 Å². The van der Waals surface area contributed by atoms with E-state index in [1.807, 2.05) is 0 Å². The van der Waals surface area contributed by atoms with Crippen LogP contribution in [0, 0.1) is 0 Å². The lowest BCUT2D eigenvalue weighted by Gasteiger charge is -2.11. The Bertz CT molecular complexity index is 371. The molecule has 94 valence electrons. The van der Waals surface area contributed by atoms with Crippen molar-refractivity contribution < 1.29 is 23.0 Å². The van der Waals surface area contributed by atoms with E-state index >= 15 is 0 Å². The van der Waals surface area contributed by atoms with Crippen molar-refractivity contribution in [3.05, 3.63) is 24.3 Å². The third-order valence-electron chi connectivity index (χ3n) is 1.98. The van der Waals surface area contributed by atoms with Crippen molar-refractivity contribution in [2.24, 2.45) is 0 Å². The first-order chi connectivity index (χ1) is 8.13. The molecule has 0 saturated heterocycles. The van der Waals surface area contributed by atoms with Crippen molar-refractivity contribution in [1.29, 1.82) is 0 Å². The largest absolute Gasteiger partial charge is 0.469 e. The van der Waals surface area contributed by atoms with Gasteiger partial charge in [-0.3, -0.25) is 4.79 Å². The Morgan fingerprint density at radius 3 is 2.76 bits per heavy atom. The molecule has 0 heterocycles. The van der Waals surface area contributed by atoms with Crippen molar-refractivity contribution >= 4 is 11.7 Å². The molecule has 4 nitrogen and oxygen atoms in total. The standard InChI is InChI=1S/C11H13F2NO3/c1-16-10(15)6-7-14-8-4-2-3-5-9(8)17-11(12)13/h2-5,11,14H,6-7H2,1H3. The van der Waals surface area contributed by atoms with Crippen LogP contribution in [0.1, 0.15) is 6.42 Å². The Kier molecular flexibility index (Phi) is 5.19. The molecule has 17 heavy (non-hydrogen) atoms. The second-order valence-corrected chi connectivity index (χ2v) is 3.13. The van der Waals surface area contributed by atoms with Crippen LogP contribution in [-0.2, 0) is 9.53 Å². The first-order valence-electron chi connectivity index (χ1n) is 4.98. The number of rotatable bonds is 6. The van der Waals surface area contributed by atoms with Crippen molar-refractivity contribution in [2.75, 3.05) is 19.0 Å². The number of hydrogen-bond donors (Lipinski definition) is 1. The second kappa shape index (κ2) is 6.67. The number of methoxy groups -OCH3 is 1. The van der Waals surface area contributed by atoms with E-state index in [0.29, 0.717) is 5.69 Å². The molecule has 0 saturated carbocycles. The number of hydrogen-bond acceptors (Lipinski definition) is 4. The minimum Gasteiger partial charge on any atom is -0.469 e. The Morgan fingerprint density at radius 2 is 2.12 bits per heavy atom. The number of benzene rings is 1. The van der Waals surface area contributed by atoms with E-state index in [2.05, 4.69) is 14.8 Å². The summed E-state index contributed by atoms with van der Waals surface area (Å²) in [5.41, 5.74) is 0.414. The van der Waals surface area contributed by atoms with E-state index in [-0.39, 0.29) is 24.7 Å². The minimum absolute atomic E-state index is 0.0485. The van der Waals surface area contributed by atoms with E-state index in [1.165, 1.54) is 13.2 Å². The third kappa shape index (κ3) is 4.67. The van der Waals surface area contributed by atoms with E-state index in [0.717, 1.165) is 0 Å². The van der Waals surface area contributed by atoms with E-state index < -0.39 is 6.61 Å². The van der Waals surface area contributed by atoms with Crippen LogP contribution >= 0.6 is 0 Å². The molecule has 0 spiro atoms. The van der Waals surface area contributed by atoms with Crippen LogP contribution in [0.3, 0.4) is 0 Å². The quantitative estimate of drug-likeness (QED) is 0.781. The molecule has 0 amide bonds. The number of para-hydroxylation sites is 2. The van der Waals surface area contributed by atoms with Gasteiger partial charge in [0.25, 0.3) is 0 Å². The summed E-state index contributed by atoms with van der Waals surface area (Å²) >= 11 is 0. The molecule has 1 aromatic rings. The smallest absolute Gasteiger partial charge is 0.387 e. The molecule has 0 radical (unpaired) electrons. The summed E-state index contributed by atoms with van der Waals surface area (Å²) in [5, 5.41) is 2.82.